The van der Waals surface area contributed by atoms with Crippen LogP contribution in [-0.4, -0.2) is 76.6 Å². The molecule has 2 N–H and O–H groups in total. The number of nitrogens with one attached hydrogen (secondary N) is 2. The molecule has 2 aliphatic rings. The number of likely N-dealkylation sites (N-methyl/N-ethyl adjacent to an activating group) is 1. The minimum absolute atomic E-state index is 0.322. The first kappa shape index (κ1) is 19.5. The fourth-order valence-electron chi connectivity index (χ4n) is 3.11. The smallest absolute Gasteiger partial charge is 0.191 e. The molecule has 0 radical (unpaired) electrons. The maximum absolute atomic E-state index is 5.70. The Morgan fingerprint density at radius 1 is 1.29 bits per heavy atom. The van der Waals surface area contributed by atoms with Gasteiger partial charge in [0.05, 0.1) is 19.3 Å². The highest BCUT2D eigenvalue weighted by Gasteiger charge is 2.32. The van der Waals surface area contributed by atoms with E-state index in [1.807, 2.05) is 0 Å². The van der Waals surface area contributed by atoms with Crippen molar-refractivity contribution in [3.63, 3.8) is 0 Å². The first-order chi connectivity index (χ1) is 11.7. The summed E-state index contributed by atoms with van der Waals surface area (Å²) in [5.41, 5.74) is 0. The molecule has 1 heterocycles. The molecule has 2 rings (SSSR count). The molecule has 0 bridgehead atoms. The van der Waals surface area contributed by atoms with Gasteiger partial charge in [-0.05, 0) is 59.0 Å². The lowest BCUT2D eigenvalue weighted by molar-refractivity contribution is 0.0168. The van der Waals surface area contributed by atoms with E-state index < -0.39 is 0 Å². The maximum Gasteiger partial charge on any atom is 0.191 e. The Kier molecular flexibility index (Phi) is 8.84. The predicted molar refractivity (Wildman–Crippen MR) is 98.6 cm³/mol. The minimum atomic E-state index is 0.322. The minimum Gasteiger partial charge on any atom is -0.379 e. The Bertz CT molecular complexity index is 364. The van der Waals surface area contributed by atoms with E-state index in [1.54, 1.807) is 0 Å². The molecule has 2 fully saturated rings. The van der Waals surface area contributed by atoms with E-state index in [9.17, 15) is 0 Å². The topological polar surface area (TPSA) is 58.1 Å². The van der Waals surface area contributed by atoms with Crippen LogP contribution < -0.4 is 10.6 Å². The van der Waals surface area contributed by atoms with Crippen molar-refractivity contribution in [2.75, 3.05) is 53.6 Å². The second kappa shape index (κ2) is 10.9. The van der Waals surface area contributed by atoms with Crippen LogP contribution in [-0.2, 0) is 9.47 Å². The molecular weight excluding hydrogens is 304 g/mol. The maximum atomic E-state index is 5.70. The number of aliphatic imine (C=N–C) groups is 1. The van der Waals surface area contributed by atoms with Crippen LogP contribution in [0, 0.1) is 5.92 Å². The van der Waals surface area contributed by atoms with Crippen LogP contribution in [0.2, 0.25) is 0 Å². The van der Waals surface area contributed by atoms with Crippen LogP contribution in [0.15, 0.2) is 4.99 Å². The lowest BCUT2D eigenvalue weighted by atomic mass is 10.2. The highest BCUT2D eigenvalue weighted by molar-refractivity contribution is 5.79. The predicted octanol–water partition coefficient (Wildman–Crippen LogP) is 1.47. The molecule has 1 aliphatic heterocycles. The summed E-state index contributed by atoms with van der Waals surface area (Å²) in [5.74, 6) is 1.75. The zero-order valence-electron chi connectivity index (χ0n) is 15.7. The number of guanidine groups is 1. The Hall–Kier alpha value is -0.850. The van der Waals surface area contributed by atoms with Gasteiger partial charge in [0.25, 0.3) is 0 Å². The van der Waals surface area contributed by atoms with Crippen LogP contribution in [0.3, 0.4) is 0 Å². The van der Waals surface area contributed by atoms with E-state index in [-0.39, 0.29) is 0 Å². The van der Waals surface area contributed by atoms with Gasteiger partial charge < -0.3 is 25.0 Å². The highest BCUT2D eigenvalue weighted by Crippen LogP contribution is 2.34. The first-order valence-corrected chi connectivity index (χ1v) is 9.58. The molecule has 24 heavy (non-hydrogen) atoms. The molecule has 1 aliphatic carbocycles. The largest absolute Gasteiger partial charge is 0.379 e. The van der Waals surface area contributed by atoms with Crippen LogP contribution in [0.1, 0.15) is 39.0 Å². The van der Waals surface area contributed by atoms with Crippen molar-refractivity contribution in [1.29, 1.82) is 0 Å². The number of ether oxygens (including phenoxy) is 2. The van der Waals surface area contributed by atoms with Gasteiger partial charge >= 0.3 is 0 Å². The molecule has 0 aromatic rings. The zero-order chi connectivity index (χ0) is 17.2. The van der Waals surface area contributed by atoms with Gasteiger partial charge in [0.2, 0.25) is 0 Å². The fraction of sp³-hybridized carbons (Fsp3) is 0.944. The van der Waals surface area contributed by atoms with Gasteiger partial charge in [0.1, 0.15) is 0 Å². The highest BCUT2D eigenvalue weighted by atomic mass is 16.5. The summed E-state index contributed by atoms with van der Waals surface area (Å²) in [6.07, 6.45) is 6.32. The SMILES string of the molecule is CCNC(=NCC(C1CC1)N(C)C)NCCCOCC1CCCO1. The van der Waals surface area contributed by atoms with Gasteiger partial charge in [-0.3, -0.25) is 4.99 Å². The summed E-state index contributed by atoms with van der Waals surface area (Å²) in [6.45, 7) is 7.14. The molecule has 1 saturated carbocycles. The number of nitrogens with zero attached hydrogens (tertiary/aromatic N) is 2. The molecule has 0 aromatic heterocycles. The molecule has 2 unspecified atom stereocenters. The van der Waals surface area contributed by atoms with Crippen molar-refractivity contribution in [3.05, 3.63) is 0 Å². The van der Waals surface area contributed by atoms with Gasteiger partial charge in [-0.1, -0.05) is 0 Å². The van der Waals surface area contributed by atoms with Crippen molar-refractivity contribution in [1.82, 2.24) is 15.5 Å². The van der Waals surface area contributed by atoms with E-state index in [2.05, 4.69) is 36.6 Å². The fourth-order valence-corrected chi connectivity index (χ4v) is 3.11. The Morgan fingerprint density at radius 3 is 2.75 bits per heavy atom. The zero-order valence-corrected chi connectivity index (χ0v) is 15.7. The molecule has 0 aromatic carbocycles. The molecule has 2 atom stereocenters. The first-order valence-electron chi connectivity index (χ1n) is 9.58. The quantitative estimate of drug-likeness (QED) is 0.339. The molecule has 140 valence electrons. The van der Waals surface area contributed by atoms with Crippen molar-refractivity contribution in [2.45, 2.75) is 51.2 Å². The van der Waals surface area contributed by atoms with Crippen LogP contribution in [0.5, 0.6) is 0 Å². The molecule has 6 nitrogen and oxygen atoms in total. The third-order valence-electron chi connectivity index (χ3n) is 4.70. The Balaban J connectivity index is 1.59. The van der Waals surface area contributed by atoms with Gasteiger partial charge in [0, 0.05) is 32.3 Å². The van der Waals surface area contributed by atoms with E-state index in [0.717, 1.165) is 64.2 Å². The van der Waals surface area contributed by atoms with Crippen molar-refractivity contribution >= 4 is 5.96 Å². The van der Waals surface area contributed by atoms with Crippen LogP contribution in [0.4, 0.5) is 0 Å². The monoisotopic (exact) mass is 340 g/mol. The Morgan fingerprint density at radius 2 is 2.12 bits per heavy atom. The van der Waals surface area contributed by atoms with E-state index in [4.69, 9.17) is 14.5 Å². The van der Waals surface area contributed by atoms with Crippen molar-refractivity contribution in [2.24, 2.45) is 10.9 Å². The average Bonchev–Trinajstić information content (AvgIpc) is 3.25. The number of hydrogen-bond acceptors (Lipinski definition) is 4. The van der Waals surface area contributed by atoms with E-state index >= 15 is 0 Å². The average molecular weight is 341 g/mol. The normalized spacial score (nSPS) is 22.8. The third kappa shape index (κ3) is 7.36. The van der Waals surface area contributed by atoms with E-state index in [1.165, 1.54) is 19.3 Å². The summed E-state index contributed by atoms with van der Waals surface area (Å²) >= 11 is 0. The van der Waals surface area contributed by atoms with Crippen LogP contribution >= 0.6 is 0 Å². The summed E-state index contributed by atoms with van der Waals surface area (Å²) in [4.78, 5) is 7.08. The van der Waals surface area contributed by atoms with Gasteiger partial charge in [-0.25, -0.2) is 0 Å². The Labute approximate surface area is 147 Å². The standard InChI is InChI=1S/C18H36N4O2/c1-4-19-18(21-13-17(22(2)3)15-8-9-15)20-10-6-11-23-14-16-7-5-12-24-16/h15-17H,4-14H2,1-3H3,(H2,19,20,21). The van der Waals surface area contributed by atoms with Crippen molar-refractivity contribution in [3.8, 4) is 0 Å². The molecule has 6 heteroatoms. The number of rotatable bonds is 11. The molecule has 0 amide bonds. The third-order valence-corrected chi connectivity index (χ3v) is 4.70. The van der Waals surface area contributed by atoms with Crippen LogP contribution in [0.25, 0.3) is 0 Å². The molecular formula is C18H36N4O2. The second-order valence-corrected chi connectivity index (χ2v) is 7.08. The van der Waals surface area contributed by atoms with Gasteiger partial charge in [0.15, 0.2) is 5.96 Å². The summed E-state index contributed by atoms with van der Waals surface area (Å²) in [5, 5.41) is 6.74. The second-order valence-electron chi connectivity index (χ2n) is 7.08. The summed E-state index contributed by atoms with van der Waals surface area (Å²) in [7, 11) is 4.31. The van der Waals surface area contributed by atoms with Crippen molar-refractivity contribution < 1.29 is 9.47 Å². The lowest BCUT2D eigenvalue weighted by Gasteiger charge is -2.23. The molecule has 0 spiro atoms. The van der Waals surface area contributed by atoms with Gasteiger partial charge in [-0.15, -0.1) is 0 Å². The van der Waals surface area contributed by atoms with E-state index in [0.29, 0.717) is 12.1 Å². The summed E-state index contributed by atoms with van der Waals surface area (Å²) in [6, 6.07) is 0.565. The lowest BCUT2D eigenvalue weighted by Crippen LogP contribution is -2.40. The number of hydrogen-bond donors (Lipinski definition) is 2. The summed E-state index contributed by atoms with van der Waals surface area (Å²) < 4.78 is 11.3. The van der Waals surface area contributed by atoms with Gasteiger partial charge in [-0.2, -0.15) is 0 Å². The molecule has 1 saturated heterocycles.